The molecule has 11 nitrogen and oxygen atoms in total. The van der Waals surface area contributed by atoms with Gasteiger partial charge in [0, 0.05) is 39.1 Å². The molecule has 4 rings (SSSR count). The molecule has 2 aromatic heterocycles. The number of ether oxygens (including phenoxy) is 3. The van der Waals surface area contributed by atoms with Crippen LogP contribution < -0.4 is 4.72 Å². The van der Waals surface area contributed by atoms with Crippen molar-refractivity contribution in [3.63, 3.8) is 0 Å². The Labute approximate surface area is 207 Å². The van der Waals surface area contributed by atoms with Crippen LogP contribution in [0.15, 0.2) is 12.4 Å². The van der Waals surface area contributed by atoms with E-state index in [2.05, 4.69) is 24.9 Å². The molecule has 1 saturated heterocycles. The highest BCUT2D eigenvalue weighted by atomic mass is 32.2. The number of rotatable bonds is 9. The van der Waals surface area contributed by atoms with Crippen molar-refractivity contribution in [1.29, 1.82) is 0 Å². The van der Waals surface area contributed by atoms with Crippen molar-refractivity contribution in [1.82, 2.24) is 24.7 Å². The van der Waals surface area contributed by atoms with Gasteiger partial charge in [-0.05, 0) is 51.5 Å². The summed E-state index contributed by atoms with van der Waals surface area (Å²) in [5, 5.41) is 7.86. The van der Waals surface area contributed by atoms with E-state index in [0.717, 1.165) is 37.7 Å². The number of aryl methyl sites for hydroxylation is 1. The van der Waals surface area contributed by atoms with Gasteiger partial charge in [0.1, 0.15) is 11.9 Å². The summed E-state index contributed by atoms with van der Waals surface area (Å²) < 4.78 is 49.1. The molecule has 1 saturated carbocycles. The number of sulfonamides is 1. The lowest BCUT2D eigenvalue weighted by Crippen LogP contribution is -2.42. The number of anilines is 1. The first-order valence-corrected chi connectivity index (χ1v) is 13.7. The van der Waals surface area contributed by atoms with Crippen molar-refractivity contribution in [2.75, 3.05) is 25.5 Å². The molecule has 35 heavy (non-hydrogen) atoms. The van der Waals surface area contributed by atoms with Gasteiger partial charge < -0.3 is 14.2 Å². The van der Waals surface area contributed by atoms with E-state index in [1.54, 1.807) is 40.5 Å². The molecule has 2 aromatic rings. The Morgan fingerprint density at radius 2 is 1.71 bits per heavy atom. The van der Waals surface area contributed by atoms with Gasteiger partial charge >= 0.3 is 0 Å². The van der Waals surface area contributed by atoms with Gasteiger partial charge in [0.15, 0.2) is 5.82 Å². The van der Waals surface area contributed by atoms with Crippen LogP contribution in [0.5, 0.6) is 0 Å². The summed E-state index contributed by atoms with van der Waals surface area (Å²) in [7, 11) is -0.531. The number of nitrogens with one attached hydrogen (secondary N) is 1. The molecule has 6 atom stereocenters. The first kappa shape index (κ1) is 25.9. The molecule has 1 N–H and O–H groups in total. The van der Waals surface area contributed by atoms with Gasteiger partial charge in [0.2, 0.25) is 16.0 Å². The van der Waals surface area contributed by atoms with Crippen molar-refractivity contribution in [2.24, 2.45) is 0 Å². The third-order valence-electron chi connectivity index (χ3n) is 7.22. The van der Waals surface area contributed by atoms with Crippen LogP contribution in [0.25, 0.3) is 0 Å². The molecule has 1 aliphatic heterocycles. The van der Waals surface area contributed by atoms with E-state index >= 15 is 0 Å². The topological polar surface area (TPSA) is 130 Å². The SMILES string of the molecule is CO[C@H]1CCC[C@@H](OC)[C@@H]1n1c(NS(=O)(=O)[C@@H](C)[C@H](C)c2ncc(C)cn2)nnc1[C@@H]1CCCO1. The number of aromatic nitrogens is 5. The predicted molar refractivity (Wildman–Crippen MR) is 130 cm³/mol. The highest BCUT2D eigenvalue weighted by Gasteiger charge is 2.41. The van der Waals surface area contributed by atoms with Gasteiger partial charge in [-0.2, -0.15) is 0 Å². The van der Waals surface area contributed by atoms with E-state index in [1.807, 2.05) is 11.5 Å². The maximum absolute atomic E-state index is 13.5. The minimum absolute atomic E-state index is 0.148. The van der Waals surface area contributed by atoms with Crippen LogP contribution in [0, 0.1) is 6.92 Å². The zero-order valence-corrected chi connectivity index (χ0v) is 21.9. The molecule has 2 fully saturated rings. The van der Waals surface area contributed by atoms with Crippen LogP contribution >= 0.6 is 0 Å². The summed E-state index contributed by atoms with van der Waals surface area (Å²) in [5.41, 5.74) is 0.914. The Kier molecular flexibility index (Phi) is 8.04. The van der Waals surface area contributed by atoms with E-state index < -0.39 is 21.2 Å². The van der Waals surface area contributed by atoms with Gasteiger partial charge in [0.25, 0.3) is 0 Å². The summed E-state index contributed by atoms with van der Waals surface area (Å²) in [6.07, 6.45) is 7.09. The average molecular weight is 509 g/mol. The van der Waals surface area contributed by atoms with Crippen LogP contribution in [0.1, 0.15) is 81.2 Å². The summed E-state index contributed by atoms with van der Waals surface area (Å²) >= 11 is 0. The van der Waals surface area contributed by atoms with Gasteiger partial charge in [-0.15, -0.1) is 10.2 Å². The quantitative estimate of drug-likeness (QED) is 0.543. The molecule has 0 bridgehead atoms. The number of hydrogen-bond acceptors (Lipinski definition) is 9. The fourth-order valence-electron chi connectivity index (χ4n) is 4.95. The Morgan fingerprint density at radius 1 is 1.06 bits per heavy atom. The van der Waals surface area contributed by atoms with Crippen molar-refractivity contribution >= 4 is 16.0 Å². The van der Waals surface area contributed by atoms with E-state index in [0.29, 0.717) is 18.3 Å². The Balaban J connectivity index is 1.69. The Bertz CT molecular complexity index is 1070. The standard InChI is InChI=1S/C23H36N6O5S/c1-14-12-24-21(25-13-14)15(2)16(3)35(30,31)28-23-27-26-22(19-10-7-11-34-19)29(23)20-17(32-4)8-6-9-18(20)33-5/h12-13,15-20H,6-11H2,1-5H3,(H,27,28)/t15-,16-,17-,18+,19-,20+/m0/s1. The monoisotopic (exact) mass is 508 g/mol. The number of hydrogen-bond donors (Lipinski definition) is 1. The number of methoxy groups -OCH3 is 2. The summed E-state index contributed by atoms with van der Waals surface area (Å²) in [6.45, 7) is 5.98. The van der Waals surface area contributed by atoms with Crippen molar-refractivity contribution in [3.05, 3.63) is 29.6 Å². The highest BCUT2D eigenvalue weighted by molar-refractivity contribution is 7.93. The van der Waals surface area contributed by atoms with Gasteiger partial charge in [0.05, 0.1) is 23.5 Å². The van der Waals surface area contributed by atoms with Crippen LogP contribution in [0.3, 0.4) is 0 Å². The molecule has 194 valence electrons. The van der Waals surface area contributed by atoms with Crippen molar-refractivity contribution < 1.29 is 22.6 Å². The first-order chi connectivity index (χ1) is 16.8. The van der Waals surface area contributed by atoms with Crippen molar-refractivity contribution in [2.45, 2.75) is 88.4 Å². The van der Waals surface area contributed by atoms with Crippen LogP contribution in [-0.2, 0) is 24.2 Å². The molecule has 1 aliphatic carbocycles. The number of nitrogens with zero attached hydrogens (tertiary/aromatic N) is 5. The maximum Gasteiger partial charge on any atom is 0.238 e. The summed E-state index contributed by atoms with van der Waals surface area (Å²) in [5.74, 6) is 0.783. The van der Waals surface area contributed by atoms with Gasteiger partial charge in [-0.1, -0.05) is 6.92 Å². The molecular weight excluding hydrogens is 472 g/mol. The van der Waals surface area contributed by atoms with Gasteiger partial charge in [-0.25, -0.2) is 18.4 Å². The average Bonchev–Trinajstić information content (AvgIpc) is 3.52. The predicted octanol–water partition coefficient (Wildman–Crippen LogP) is 2.92. The maximum atomic E-state index is 13.5. The second kappa shape index (κ2) is 10.9. The molecule has 0 amide bonds. The molecular formula is C23H36N6O5S. The van der Waals surface area contributed by atoms with Crippen LogP contribution in [0.2, 0.25) is 0 Å². The van der Waals surface area contributed by atoms with Gasteiger partial charge in [-0.3, -0.25) is 9.29 Å². The molecule has 0 unspecified atom stereocenters. The summed E-state index contributed by atoms with van der Waals surface area (Å²) in [6, 6.07) is -0.293. The summed E-state index contributed by atoms with van der Waals surface area (Å²) in [4.78, 5) is 8.65. The molecule has 0 radical (unpaired) electrons. The lowest BCUT2D eigenvalue weighted by atomic mass is 9.89. The molecule has 12 heteroatoms. The Hall–Kier alpha value is -2.15. The largest absolute Gasteiger partial charge is 0.379 e. The lowest BCUT2D eigenvalue weighted by molar-refractivity contribution is -0.0580. The highest BCUT2D eigenvalue weighted by Crippen LogP contribution is 2.39. The fourth-order valence-corrected chi connectivity index (χ4v) is 6.19. The van der Waals surface area contributed by atoms with E-state index in [-0.39, 0.29) is 30.3 Å². The van der Waals surface area contributed by atoms with Crippen molar-refractivity contribution in [3.8, 4) is 0 Å². The second-order valence-corrected chi connectivity index (χ2v) is 11.5. The Morgan fingerprint density at radius 3 is 2.29 bits per heavy atom. The minimum atomic E-state index is -3.87. The fraction of sp³-hybridized carbons (Fsp3) is 0.739. The zero-order chi connectivity index (χ0) is 25.2. The second-order valence-electron chi connectivity index (χ2n) is 9.48. The molecule has 0 spiro atoms. The van der Waals surface area contributed by atoms with Crippen LogP contribution in [0.4, 0.5) is 5.95 Å². The third kappa shape index (κ3) is 5.35. The smallest absolute Gasteiger partial charge is 0.238 e. The normalized spacial score (nSPS) is 27.0. The van der Waals surface area contributed by atoms with E-state index in [4.69, 9.17) is 14.2 Å². The van der Waals surface area contributed by atoms with E-state index in [1.165, 1.54) is 0 Å². The van der Waals surface area contributed by atoms with E-state index in [9.17, 15) is 8.42 Å². The first-order valence-electron chi connectivity index (χ1n) is 12.2. The zero-order valence-electron chi connectivity index (χ0n) is 21.0. The molecule has 0 aromatic carbocycles. The van der Waals surface area contributed by atoms with Crippen LogP contribution in [-0.4, -0.2) is 71.4 Å². The minimum Gasteiger partial charge on any atom is -0.379 e. The third-order valence-corrected chi connectivity index (χ3v) is 9.07. The lowest BCUT2D eigenvalue weighted by Gasteiger charge is -2.38. The molecule has 2 aliphatic rings. The molecule has 3 heterocycles.